The van der Waals surface area contributed by atoms with Crippen LogP contribution in [0.2, 0.25) is 0 Å². The number of nitro groups is 1. The maximum absolute atomic E-state index is 12.5. The van der Waals surface area contributed by atoms with Crippen molar-refractivity contribution in [2.45, 2.75) is 6.43 Å². The molecule has 1 amide bonds. The van der Waals surface area contributed by atoms with Gasteiger partial charge in [-0.15, -0.1) is 0 Å². The van der Waals surface area contributed by atoms with E-state index in [-0.39, 0.29) is 48.1 Å². The predicted molar refractivity (Wildman–Crippen MR) is 90.9 cm³/mol. The van der Waals surface area contributed by atoms with E-state index in [1.54, 1.807) is 0 Å². The molecule has 1 aromatic carbocycles. The third-order valence-corrected chi connectivity index (χ3v) is 3.75. The van der Waals surface area contributed by atoms with Crippen LogP contribution in [0, 0.1) is 10.1 Å². The summed E-state index contributed by atoms with van der Waals surface area (Å²) in [6.45, 7) is -1.54. The fourth-order valence-electron chi connectivity index (χ4n) is 2.49. The van der Waals surface area contributed by atoms with Crippen molar-refractivity contribution >= 4 is 23.3 Å². The Morgan fingerprint density at radius 3 is 2.75 bits per heavy atom. The largest absolute Gasteiger partial charge is 0.485 e. The second-order valence-electron chi connectivity index (χ2n) is 5.56. The Hall–Kier alpha value is -3.28. The number of ether oxygens (including phenoxy) is 2. The summed E-state index contributed by atoms with van der Waals surface area (Å²) < 4.78 is 34.5. The number of hydrogen-bond acceptors (Lipinski definition) is 8. The summed E-state index contributed by atoms with van der Waals surface area (Å²) in [6.07, 6.45) is -2.79. The van der Waals surface area contributed by atoms with Gasteiger partial charge >= 0.3 is 5.97 Å². The molecule has 1 aromatic rings. The molecule has 10 nitrogen and oxygen atoms in total. The van der Waals surface area contributed by atoms with Crippen LogP contribution in [0.15, 0.2) is 29.5 Å². The van der Waals surface area contributed by atoms with Crippen molar-refractivity contribution in [1.29, 1.82) is 0 Å². The number of alkyl halides is 2. The van der Waals surface area contributed by atoms with Crippen LogP contribution < -0.4 is 10.1 Å². The van der Waals surface area contributed by atoms with Crippen molar-refractivity contribution in [3.63, 3.8) is 0 Å². The number of esters is 1. The van der Waals surface area contributed by atoms with Gasteiger partial charge in [0.25, 0.3) is 18.0 Å². The maximum atomic E-state index is 12.5. The Labute approximate surface area is 157 Å². The standard InChI is InChI=1S/C16H17F2N3O7/c1-27-16(24)10-7-20(4-5-22)15(23)14(10)19-11-6-9(21(25)26)2-3-12(11)28-8-13(17)18/h2-3,6,13,19,22H,4-5,7-8H2,1H3. The molecule has 0 saturated heterocycles. The van der Waals surface area contributed by atoms with Crippen LogP contribution in [0.3, 0.4) is 0 Å². The molecule has 0 unspecified atom stereocenters. The number of hydrogen-bond donors (Lipinski definition) is 2. The van der Waals surface area contributed by atoms with Gasteiger partial charge in [-0.25, -0.2) is 13.6 Å². The molecule has 0 saturated carbocycles. The normalized spacial score (nSPS) is 13.9. The molecular formula is C16H17F2N3O7. The van der Waals surface area contributed by atoms with E-state index in [2.05, 4.69) is 10.1 Å². The van der Waals surface area contributed by atoms with Gasteiger partial charge in [-0.05, 0) is 6.07 Å². The van der Waals surface area contributed by atoms with Gasteiger partial charge in [-0.2, -0.15) is 0 Å². The molecule has 2 N–H and O–H groups in total. The monoisotopic (exact) mass is 401 g/mol. The lowest BCUT2D eigenvalue weighted by molar-refractivity contribution is -0.384. The molecule has 28 heavy (non-hydrogen) atoms. The Kier molecular flexibility index (Phi) is 6.82. The summed E-state index contributed by atoms with van der Waals surface area (Å²) in [6, 6.07) is 3.15. The van der Waals surface area contributed by atoms with E-state index in [1.807, 2.05) is 0 Å². The van der Waals surface area contributed by atoms with E-state index in [4.69, 9.17) is 9.84 Å². The number of rotatable bonds is 9. The molecule has 152 valence electrons. The van der Waals surface area contributed by atoms with Gasteiger partial charge in [-0.3, -0.25) is 14.9 Å². The van der Waals surface area contributed by atoms with Crippen LogP contribution >= 0.6 is 0 Å². The zero-order valence-corrected chi connectivity index (χ0v) is 14.7. The summed E-state index contributed by atoms with van der Waals surface area (Å²) in [5.41, 5.74) is -0.856. The quantitative estimate of drug-likeness (QED) is 0.355. The third-order valence-electron chi connectivity index (χ3n) is 3.75. The highest BCUT2D eigenvalue weighted by Gasteiger charge is 2.35. The van der Waals surface area contributed by atoms with Gasteiger partial charge in [0.05, 0.1) is 36.4 Å². The minimum absolute atomic E-state index is 0.0613. The van der Waals surface area contributed by atoms with Gasteiger partial charge in [0.2, 0.25) is 0 Å². The molecule has 2 rings (SSSR count). The lowest BCUT2D eigenvalue weighted by Gasteiger charge is -2.16. The Morgan fingerprint density at radius 1 is 1.46 bits per heavy atom. The van der Waals surface area contributed by atoms with E-state index < -0.39 is 29.8 Å². The lowest BCUT2D eigenvalue weighted by Crippen LogP contribution is -2.31. The molecule has 0 bridgehead atoms. The molecule has 0 aliphatic carbocycles. The van der Waals surface area contributed by atoms with E-state index in [0.717, 1.165) is 30.2 Å². The van der Waals surface area contributed by atoms with Crippen molar-refractivity contribution in [2.75, 3.05) is 38.7 Å². The number of methoxy groups -OCH3 is 1. The number of nitrogens with zero attached hydrogens (tertiary/aromatic N) is 2. The fourth-order valence-corrected chi connectivity index (χ4v) is 2.49. The molecule has 1 aliphatic heterocycles. The Balaban J connectivity index is 2.43. The molecule has 0 radical (unpaired) electrons. The average Bonchev–Trinajstić information content (AvgIpc) is 2.96. The summed E-state index contributed by atoms with van der Waals surface area (Å²) in [5, 5.41) is 22.6. The molecule has 0 fully saturated rings. The maximum Gasteiger partial charge on any atom is 0.337 e. The summed E-state index contributed by atoms with van der Waals surface area (Å²) in [5.74, 6) is -1.66. The van der Waals surface area contributed by atoms with Crippen LogP contribution in [-0.2, 0) is 14.3 Å². The fraction of sp³-hybridized carbons (Fsp3) is 0.375. The SMILES string of the molecule is COC(=O)C1=C(Nc2cc([N+](=O)[O-])ccc2OCC(F)F)C(=O)N(CCO)C1. The molecule has 12 heteroatoms. The number of non-ortho nitro benzene ring substituents is 1. The first-order valence-electron chi connectivity index (χ1n) is 7.96. The number of halogens is 2. The van der Waals surface area contributed by atoms with Crippen LogP contribution in [-0.4, -0.2) is 66.6 Å². The van der Waals surface area contributed by atoms with Gasteiger partial charge in [0.1, 0.15) is 18.1 Å². The van der Waals surface area contributed by atoms with Crippen LogP contribution in [0.25, 0.3) is 0 Å². The van der Waals surface area contributed by atoms with Crippen molar-refractivity contribution in [3.05, 3.63) is 39.6 Å². The molecule has 0 spiro atoms. The van der Waals surface area contributed by atoms with E-state index in [1.165, 1.54) is 0 Å². The van der Waals surface area contributed by atoms with E-state index >= 15 is 0 Å². The first-order valence-corrected chi connectivity index (χ1v) is 7.96. The number of benzene rings is 1. The number of amides is 1. The topological polar surface area (TPSA) is 131 Å². The van der Waals surface area contributed by atoms with Crippen LogP contribution in [0.5, 0.6) is 5.75 Å². The minimum Gasteiger partial charge on any atom is -0.485 e. The van der Waals surface area contributed by atoms with Gasteiger partial charge in [0, 0.05) is 18.7 Å². The predicted octanol–water partition coefficient (Wildman–Crippen LogP) is 0.912. The second-order valence-corrected chi connectivity index (χ2v) is 5.56. The minimum atomic E-state index is -2.79. The summed E-state index contributed by atoms with van der Waals surface area (Å²) >= 11 is 0. The molecule has 0 atom stereocenters. The molecule has 1 aliphatic rings. The molecule has 0 aromatic heterocycles. The number of β-amino-alcohol motifs (C(OH)–C–C–N with tert-alkyl or cyclic N) is 1. The number of nitro benzene ring substituents is 1. The Morgan fingerprint density at radius 2 is 2.18 bits per heavy atom. The van der Waals surface area contributed by atoms with Gasteiger partial charge in [0.15, 0.2) is 0 Å². The van der Waals surface area contributed by atoms with Gasteiger partial charge in [-0.1, -0.05) is 0 Å². The molecular weight excluding hydrogens is 384 g/mol. The van der Waals surface area contributed by atoms with E-state index in [0.29, 0.717) is 0 Å². The zero-order valence-electron chi connectivity index (χ0n) is 14.7. The van der Waals surface area contributed by atoms with Crippen LogP contribution in [0.4, 0.5) is 20.2 Å². The number of aliphatic hydroxyl groups excluding tert-OH is 1. The first-order chi connectivity index (χ1) is 13.3. The van der Waals surface area contributed by atoms with Crippen molar-refractivity contribution < 1.29 is 37.9 Å². The highest BCUT2D eigenvalue weighted by Crippen LogP contribution is 2.32. The second kappa shape index (κ2) is 9.08. The molecule has 1 heterocycles. The van der Waals surface area contributed by atoms with E-state index in [9.17, 15) is 28.5 Å². The third kappa shape index (κ3) is 4.71. The highest BCUT2D eigenvalue weighted by atomic mass is 19.3. The van der Waals surface area contributed by atoms with Crippen molar-refractivity contribution in [2.24, 2.45) is 0 Å². The number of anilines is 1. The van der Waals surface area contributed by atoms with Crippen molar-refractivity contribution in [1.82, 2.24) is 4.90 Å². The Bertz CT molecular complexity index is 813. The van der Waals surface area contributed by atoms with Gasteiger partial charge < -0.3 is 24.8 Å². The van der Waals surface area contributed by atoms with Crippen molar-refractivity contribution in [3.8, 4) is 5.75 Å². The number of aliphatic hydroxyl groups is 1. The number of nitrogens with one attached hydrogen (secondary N) is 1. The summed E-state index contributed by atoms with van der Waals surface area (Å²) in [7, 11) is 1.11. The van der Waals surface area contributed by atoms with Crippen LogP contribution in [0.1, 0.15) is 0 Å². The number of carbonyl (C=O) groups excluding carboxylic acids is 2. The first kappa shape index (κ1) is 21.0. The smallest absolute Gasteiger partial charge is 0.337 e. The summed E-state index contributed by atoms with van der Waals surface area (Å²) in [4.78, 5) is 36.0. The average molecular weight is 401 g/mol. The zero-order chi connectivity index (χ0) is 20.8. The number of carbonyl (C=O) groups is 2. The highest BCUT2D eigenvalue weighted by molar-refractivity contribution is 6.08. The lowest BCUT2D eigenvalue weighted by atomic mass is 10.2.